The largest absolute Gasteiger partial charge is 0.309 e. The van der Waals surface area contributed by atoms with E-state index < -0.39 is 0 Å². The van der Waals surface area contributed by atoms with Crippen molar-refractivity contribution < 1.29 is 4.39 Å². The highest BCUT2D eigenvalue weighted by atomic mass is 79.9. The van der Waals surface area contributed by atoms with Gasteiger partial charge in [-0.3, -0.25) is 0 Å². The van der Waals surface area contributed by atoms with Crippen LogP contribution in [0.3, 0.4) is 0 Å². The maximum absolute atomic E-state index is 13.2. The Hall–Kier alpha value is -1.20. The molecule has 0 fully saturated rings. The van der Waals surface area contributed by atoms with Crippen LogP contribution in [-0.2, 0) is 6.54 Å². The van der Waals surface area contributed by atoms with Gasteiger partial charge in [-0.25, -0.2) is 9.07 Å². The molecule has 2 aromatic rings. The lowest BCUT2D eigenvalue weighted by molar-refractivity contribution is 0.577. The van der Waals surface area contributed by atoms with Crippen LogP contribution in [-0.4, -0.2) is 15.8 Å². The van der Waals surface area contributed by atoms with Gasteiger partial charge < -0.3 is 5.32 Å². The number of hydrogen-bond acceptors (Lipinski definition) is 2. The second-order valence-electron chi connectivity index (χ2n) is 4.38. The van der Waals surface area contributed by atoms with Crippen LogP contribution in [0.2, 0.25) is 0 Å². The van der Waals surface area contributed by atoms with E-state index in [1.165, 1.54) is 12.1 Å². The zero-order valence-corrected chi connectivity index (χ0v) is 11.9. The Bertz CT molecular complexity index is 537. The topological polar surface area (TPSA) is 29.9 Å². The van der Waals surface area contributed by atoms with Gasteiger partial charge in [0.2, 0.25) is 0 Å². The van der Waals surface area contributed by atoms with Crippen LogP contribution >= 0.6 is 15.9 Å². The fourth-order valence-electron chi connectivity index (χ4n) is 1.56. The summed E-state index contributed by atoms with van der Waals surface area (Å²) < 4.78 is 15.7. The van der Waals surface area contributed by atoms with E-state index in [-0.39, 0.29) is 5.82 Å². The molecular formula is C13H15BrFN3. The number of halogens is 2. The molecule has 96 valence electrons. The van der Waals surface area contributed by atoms with Crippen molar-refractivity contribution in [3.63, 3.8) is 0 Å². The van der Waals surface area contributed by atoms with Crippen molar-refractivity contribution in [1.82, 2.24) is 15.1 Å². The number of benzene rings is 1. The molecule has 0 amide bonds. The minimum atomic E-state index is -0.273. The summed E-state index contributed by atoms with van der Waals surface area (Å²) in [6.07, 6.45) is 1.83. The van der Waals surface area contributed by atoms with Crippen molar-refractivity contribution >= 4 is 15.9 Å². The molecular weight excluding hydrogens is 297 g/mol. The van der Waals surface area contributed by atoms with Gasteiger partial charge in [-0.05, 0) is 34.1 Å². The SMILES string of the molecule is CC(C)NCc1ccn(-c2cc(F)ccc2Br)n1. The van der Waals surface area contributed by atoms with Crippen LogP contribution in [0.5, 0.6) is 0 Å². The van der Waals surface area contributed by atoms with Crippen LogP contribution in [0.1, 0.15) is 19.5 Å². The minimum absolute atomic E-state index is 0.273. The molecule has 0 saturated carbocycles. The molecule has 18 heavy (non-hydrogen) atoms. The summed E-state index contributed by atoms with van der Waals surface area (Å²) in [4.78, 5) is 0. The van der Waals surface area contributed by atoms with Crippen molar-refractivity contribution in [3.05, 3.63) is 46.4 Å². The van der Waals surface area contributed by atoms with Crippen LogP contribution in [0.15, 0.2) is 34.9 Å². The molecule has 5 heteroatoms. The molecule has 1 aromatic heterocycles. The van der Waals surface area contributed by atoms with Gasteiger partial charge >= 0.3 is 0 Å². The number of nitrogens with one attached hydrogen (secondary N) is 1. The lowest BCUT2D eigenvalue weighted by Gasteiger charge is -2.06. The third-order valence-electron chi connectivity index (χ3n) is 2.49. The maximum Gasteiger partial charge on any atom is 0.125 e. The van der Waals surface area contributed by atoms with E-state index in [4.69, 9.17) is 0 Å². The molecule has 1 aromatic carbocycles. The quantitative estimate of drug-likeness (QED) is 0.939. The van der Waals surface area contributed by atoms with Crippen molar-refractivity contribution in [1.29, 1.82) is 0 Å². The van der Waals surface area contributed by atoms with Gasteiger partial charge in [0.25, 0.3) is 0 Å². The summed E-state index contributed by atoms with van der Waals surface area (Å²) in [6, 6.07) is 6.89. The first-order valence-electron chi connectivity index (χ1n) is 5.79. The molecule has 3 nitrogen and oxygen atoms in total. The number of rotatable bonds is 4. The third-order valence-corrected chi connectivity index (χ3v) is 3.16. The maximum atomic E-state index is 13.2. The van der Waals surface area contributed by atoms with Gasteiger partial charge in [-0.2, -0.15) is 5.10 Å². The molecule has 0 atom stereocenters. The van der Waals surface area contributed by atoms with Crippen molar-refractivity contribution in [2.75, 3.05) is 0 Å². The lowest BCUT2D eigenvalue weighted by atomic mass is 10.3. The predicted octanol–water partition coefficient (Wildman–Crippen LogP) is 3.27. The fourth-order valence-corrected chi connectivity index (χ4v) is 1.99. The van der Waals surface area contributed by atoms with E-state index in [1.54, 1.807) is 10.7 Å². The minimum Gasteiger partial charge on any atom is -0.309 e. The smallest absolute Gasteiger partial charge is 0.125 e. The Balaban J connectivity index is 2.21. The highest BCUT2D eigenvalue weighted by molar-refractivity contribution is 9.10. The van der Waals surface area contributed by atoms with Gasteiger partial charge in [-0.1, -0.05) is 13.8 Å². The molecule has 1 N–H and O–H groups in total. The summed E-state index contributed by atoms with van der Waals surface area (Å²) >= 11 is 3.40. The first-order chi connectivity index (χ1) is 8.56. The molecule has 0 aliphatic carbocycles. The molecule has 0 saturated heterocycles. The van der Waals surface area contributed by atoms with Crippen molar-refractivity contribution in [3.8, 4) is 5.69 Å². The normalized spacial score (nSPS) is 11.2. The van der Waals surface area contributed by atoms with Gasteiger partial charge in [0, 0.05) is 29.3 Å². The van der Waals surface area contributed by atoms with E-state index in [1.807, 2.05) is 12.3 Å². The van der Waals surface area contributed by atoms with Gasteiger partial charge in [-0.15, -0.1) is 0 Å². The Morgan fingerprint density at radius 3 is 2.89 bits per heavy atom. The van der Waals surface area contributed by atoms with Crippen molar-refractivity contribution in [2.24, 2.45) is 0 Å². The standard InChI is InChI=1S/C13H15BrFN3/c1-9(2)16-8-11-5-6-18(17-11)13-7-10(15)3-4-12(13)14/h3-7,9,16H,8H2,1-2H3. The molecule has 2 rings (SSSR count). The predicted molar refractivity (Wildman–Crippen MR) is 73.2 cm³/mol. The van der Waals surface area contributed by atoms with E-state index in [2.05, 4.69) is 40.2 Å². The number of hydrogen-bond donors (Lipinski definition) is 1. The summed E-state index contributed by atoms with van der Waals surface area (Å²) in [6.45, 7) is 4.87. The Labute approximate surface area is 114 Å². The average molecular weight is 312 g/mol. The van der Waals surface area contributed by atoms with Gasteiger partial charge in [0.1, 0.15) is 5.82 Å². The van der Waals surface area contributed by atoms with Crippen molar-refractivity contribution in [2.45, 2.75) is 26.4 Å². The molecule has 0 spiro atoms. The molecule has 1 heterocycles. The first-order valence-corrected chi connectivity index (χ1v) is 6.59. The Kier molecular flexibility index (Phi) is 4.14. The highest BCUT2D eigenvalue weighted by Gasteiger charge is 2.06. The first kappa shape index (κ1) is 13.2. The molecule has 0 bridgehead atoms. The van der Waals surface area contributed by atoms with E-state index in [9.17, 15) is 4.39 Å². The molecule has 0 aliphatic rings. The molecule has 0 radical (unpaired) electrons. The zero-order valence-electron chi connectivity index (χ0n) is 10.3. The second kappa shape index (κ2) is 5.63. The Morgan fingerprint density at radius 1 is 1.39 bits per heavy atom. The zero-order chi connectivity index (χ0) is 13.1. The summed E-state index contributed by atoms with van der Waals surface area (Å²) in [7, 11) is 0. The number of aromatic nitrogens is 2. The molecule has 0 unspecified atom stereocenters. The number of nitrogens with zero attached hydrogens (tertiary/aromatic N) is 2. The molecule has 0 aliphatic heterocycles. The van der Waals surface area contributed by atoms with Crippen LogP contribution in [0.4, 0.5) is 4.39 Å². The Morgan fingerprint density at radius 2 is 2.17 bits per heavy atom. The van der Waals surface area contributed by atoms with E-state index in [0.717, 1.165) is 10.2 Å². The van der Waals surface area contributed by atoms with Crippen LogP contribution in [0.25, 0.3) is 5.69 Å². The van der Waals surface area contributed by atoms with E-state index in [0.29, 0.717) is 18.3 Å². The van der Waals surface area contributed by atoms with Crippen LogP contribution in [0, 0.1) is 5.82 Å². The van der Waals surface area contributed by atoms with Crippen LogP contribution < -0.4 is 5.32 Å². The third kappa shape index (κ3) is 3.17. The second-order valence-corrected chi connectivity index (χ2v) is 5.24. The summed E-state index contributed by atoms with van der Waals surface area (Å²) in [5.74, 6) is -0.273. The fraction of sp³-hybridized carbons (Fsp3) is 0.308. The lowest BCUT2D eigenvalue weighted by Crippen LogP contribution is -2.22. The van der Waals surface area contributed by atoms with Gasteiger partial charge in [0.15, 0.2) is 0 Å². The van der Waals surface area contributed by atoms with Gasteiger partial charge in [0.05, 0.1) is 11.4 Å². The monoisotopic (exact) mass is 311 g/mol. The average Bonchev–Trinajstić information content (AvgIpc) is 2.78. The highest BCUT2D eigenvalue weighted by Crippen LogP contribution is 2.21. The summed E-state index contributed by atoms with van der Waals surface area (Å²) in [5.41, 5.74) is 1.63. The van der Waals surface area contributed by atoms with E-state index >= 15 is 0 Å². The summed E-state index contributed by atoms with van der Waals surface area (Å²) in [5, 5.41) is 7.70.